The minimum Gasteiger partial charge on any atom is -0.507 e. The Kier molecular flexibility index (Phi) is 2.70. The van der Waals surface area contributed by atoms with Gasteiger partial charge in [0.05, 0.1) is 13.3 Å². The van der Waals surface area contributed by atoms with Gasteiger partial charge in [0, 0.05) is 5.56 Å². The lowest BCUT2D eigenvalue weighted by atomic mass is 10.1. The van der Waals surface area contributed by atoms with Crippen molar-refractivity contribution in [2.24, 2.45) is 0 Å². The molecule has 0 aliphatic heterocycles. The second-order valence-electron chi connectivity index (χ2n) is 3.29. The van der Waals surface area contributed by atoms with Crippen LogP contribution in [0.4, 0.5) is 6.01 Å². The van der Waals surface area contributed by atoms with Crippen LogP contribution in [-0.2, 0) is 4.74 Å². The second-order valence-corrected chi connectivity index (χ2v) is 3.29. The van der Waals surface area contributed by atoms with Crippen molar-refractivity contribution in [2.75, 3.05) is 12.8 Å². The van der Waals surface area contributed by atoms with Gasteiger partial charge in [-0.15, -0.1) is 0 Å². The first-order chi connectivity index (χ1) is 8.11. The summed E-state index contributed by atoms with van der Waals surface area (Å²) in [6, 6.07) is 4.44. The quantitative estimate of drug-likeness (QED) is 0.762. The Morgan fingerprint density at radius 3 is 2.88 bits per heavy atom. The van der Waals surface area contributed by atoms with Gasteiger partial charge in [-0.25, -0.2) is 9.78 Å². The van der Waals surface area contributed by atoms with Crippen LogP contribution in [-0.4, -0.2) is 23.2 Å². The number of phenolic OH excluding ortho intramolecular Hbond substituents is 1. The van der Waals surface area contributed by atoms with E-state index in [0.29, 0.717) is 11.3 Å². The van der Waals surface area contributed by atoms with Gasteiger partial charge in [0.25, 0.3) is 6.01 Å². The average Bonchev–Trinajstić information content (AvgIpc) is 2.75. The number of carbonyl (C=O) groups is 1. The van der Waals surface area contributed by atoms with E-state index in [0.717, 1.165) is 0 Å². The number of anilines is 1. The first-order valence-electron chi connectivity index (χ1n) is 4.75. The molecule has 0 unspecified atom stereocenters. The van der Waals surface area contributed by atoms with Gasteiger partial charge in [-0.1, -0.05) is 0 Å². The summed E-state index contributed by atoms with van der Waals surface area (Å²) in [6.45, 7) is 0. The first-order valence-corrected chi connectivity index (χ1v) is 4.75. The molecule has 0 radical (unpaired) electrons. The topological polar surface area (TPSA) is 98.6 Å². The molecule has 0 saturated heterocycles. The highest BCUT2D eigenvalue weighted by atomic mass is 16.5. The molecule has 1 heterocycles. The number of aromatic nitrogens is 1. The number of methoxy groups -OCH3 is 1. The van der Waals surface area contributed by atoms with Gasteiger partial charge in [0.2, 0.25) is 0 Å². The number of oxazole rings is 1. The van der Waals surface area contributed by atoms with Crippen LogP contribution in [0.5, 0.6) is 5.75 Å². The summed E-state index contributed by atoms with van der Waals surface area (Å²) in [6.07, 6.45) is 1.43. The third-order valence-corrected chi connectivity index (χ3v) is 2.21. The number of benzene rings is 1. The van der Waals surface area contributed by atoms with E-state index in [9.17, 15) is 9.90 Å². The van der Waals surface area contributed by atoms with Gasteiger partial charge < -0.3 is 20.0 Å². The molecule has 0 bridgehead atoms. The molecule has 3 N–H and O–H groups in total. The van der Waals surface area contributed by atoms with E-state index in [1.807, 2.05) is 0 Å². The molecule has 0 amide bonds. The van der Waals surface area contributed by atoms with Crippen LogP contribution >= 0.6 is 0 Å². The number of phenols is 1. The van der Waals surface area contributed by atoms with Gasteiger partial charge in [0.15, 0.2) is 5.76 Å². The van der Waals surface area contributed by atoms with Crippen molar-refractivity contribution in [1.82, 2.24) is 4.98 Å². The minimum atomic E-state index is -0.628. The van der Waals surface area contributed by atoms with Crippen LogP contribution < -0.4 is 5.73 Å². The highest BCUT2D eigenvalue weighted by Crippen LogP contribution is 2.27. The fourth-order valence-corrected chi connectivity index (χ4v) is 1.38. The normalized spacial score (nSPS) is 10.2. The fourth-order valence-electron chi connectivity index (χ4n) is 1.38. The summed E-state index contributed by atoms with van der Waals surface area (Å²) >= 11 is 0. The molecule has 6 nitrogen and oxygen atoms in total. The van der Waals surface area contributed by atoms with Crippen molar-refractivity contribution in [2.45, 2.75) is 0 Å². The first kappa shape index (κ1) is 11.0. The number of nitrogens with zero attached hydrogens (tertiary/aromatic N) is 1. The second kappa shape index (κ2) is 4.17. The fraction of sp³-hybridized carbons (Fsp3) is 0.0909. The predicted octanol–water partition coefficient (Wildman–Crippen LogP) is 1.42. The maximum atomic E-state index is 11.4. The van der Waals surface area contributed by atoms with Gasteiger partial charge in [-0.3, -0.25) is 0 Å². The molecule has 2 rings (SSSR count). The molecular weight excluding hydrogens is 224 g/mol. The van der Waals surface area contributed by atoms with Crippen LogP contribution in [0.2, 0.25) is 0 Å². The Balaban J connectivity index is 2.47. The lowest BCUT2D eigenvalue weighted by molar-refractivity contribution is 0.0597. The SMILES string of the molecule is COC(=O)c1cc(-c2cnc(N)o2)ccc1O. The third kappa shape index (κ3) is 2.05. The molecule has 17 heavy (non-hydrogen) atoms. The number of aromatic hydroxyl groups is 1. The molecule has 1 aromatic carbocycles. The van der Waals surface area contributed by atoms with Crippen molar-refractivity contribution in [3.8, 4) is 17.1 Å². The molecule has 88 valence electrons. The lowest BCUT2D eigenvalue weighted by Gasteiger charge is -2.04. The molecule has 1 aromatic heterocycles. The summed E-state index contributed by atoms with van der Waals surface area (Å²) in [4.78, 5) is 15.1. The van der Waals surface area contributed by atoms with Crippen molar-refractivity contribution < 1.29 is 19.1 Å². The van der Waals surface area contributed by atoms with Crippen LogP contribution in [0.25, 0.3) is 11.3 Å². The van der Waals surface area contributed by atoms with E-state index in [-0.39, 0.29) is 17.3 Å². The van der Waals surface area contributed by atoms with Crippen molar-refractivity contribution in [3.05, 3.63) is 30.0 Å². The van der Waals surface area contributed by atoms with Crippen LogP contribution in [0.15, 0.2) is 28.8 Å². The Morgan fingerprint density at radius 2 is 2.29 bits per heavy atom. The van der Waals surface area contributed by atoms with Crippen LogP contribution in [0.1, 0.15) is 10.4 Å². The number of ether oxygens (including phenoxy) is 1. The minimum absolute atomic E-state index is 0.0349. The van der Waals surface area contributed by atoms with Gasteiger partial charge in [0.1, 0.15) is 11.3 Å². The molecule has 0 fully saturated rings. The molecule has 0 saturated carbocycles. The largest absolute Gasteiger partial charge is 0.507 e. The number of hydrogen-bond donors (Lipinski definition) is 2. The van der Waals surface area contributed by atoms with E-state index in [2.05, 4.69) is 9.72 Å². The monoisotopic (exact) mass is 234 g/mol. The summed E-state index contributed by atoms with van der Waals surface area (Å²) < 4.78 is 9.65. The molecule has 0 aliphatic carbocycles. The van der Waals surface area contributed by atoms with E-state index in [1.165, 1.54) is 25.4 Å². The van der Waals surface area contributed by atoms with Gasteiger partial charge in [-0.05, 0) is 18.2 Å². The number of nitrogen functional groups attached to an aromatic ring is 1. The Hall–Kier alpha value is -2.50. The van der Waals surface area contributed by atoms with Crippen LogP contribution in [0.3, 0.4) is 0 Å². The smallest absolute Gasteiger partial charge is 0.341 e. The molecule has 0 aliphatic rings. The number of hydrogen-bond acceptors (Lipinski definition) is 6. The molecule has 2 aromatic rings. The van der Waals surface area contributed by atoms with Gasteiger partial charge in [-0.2, -0.15) is 0 Å². The number of nitrogens with two attached hydrogens (primary N) is 1. The third-order valence-electron chi connectivity index (χ3n) is 2.21. The zero-order valence-electron chi connectivity index (χ0n) is 9.01. The Labute approximate surface area is 96.6 Å². The maximum Gasteiger partial charge on any atom is 0.341 e. The summed E-state index contributed by atoms with van der Waals surface area (Å²) in [7, 11) is 1.24. The molecule has 0 atom stereocenters. The van der Waals surface area contributed by atoms with E-state index in [4.69, 9.17) is 10.2 Å². The van der Waals surface area contributed by atoms with E-state index < -0.39 is 5.97 Å². The Morgan fingerprint density at radius 1 is 1.53 bits per heavy atom. The Bertz CT molecular complexity index is 562. The van der Waals surface area contributed by atoms with Crippen molar-refractivity contribution >= 4 is 12.0 Å². The highest BCUT2D eigenvalue weighted by molar-refractivity contribution is 5.93. The average molecular weight is 234 g/mol. The number of rotatable bonds is 2. The summed E-state index contributed by atoms with van der Waals surface area (Å²) in [5.74, 6) is -0.377. The highest BCUT2D eigenvalue weighted by Gasteiger charge is 2.14. The van der Waals surface area contributed by atoms with Crippen LogP contribution in [0, 0.1) is 0 Å². The predicted molar refractivity (Wildman–Crippen MR) is 59.4 cm³/mol. The number of carbonyl (C=O) groups excluding carboxylic acids is 1. The molecular formula is C11H10N2O4. The zero-order valence-corrected chi connectivity index (χ0v) is 9.01. The molecule has 0 spiro atoms. The zero-order chi connectivity index (χ0) is 12.4. The van der Waals surface area contributed by atoms with E-state index >= 15 is 0 Å². The molecule has 6 heteroatoms. The standard InChI is InChI=1S/C11H10N2O4/c1-16-10(15)7-4-6(2-3-8(7)14)9-5-13-11(12)17-9/h2-5,14H,1H3,(H2,12,13). The lowest BCUT2D eigenvalue weighted by Crippen LogP contribution is -2.01. The maximum absolute atomic E-state index is 11.4. The van der Waals surface area contributed by atoms with Crippen molar-refractivity contribution in [1.29, 1.82) is 0 Å². The summed E-state index contributed by atoms with van der Waals surface area (Å²) in [5.41, 5.74) is 5.98. The van der Waals surface area contributed by atoms with Gasteiger partial charge >= 0.3 is 5.97 Å². The summed E-state index contributed by atoms with van der Waals surface area (Å²) in [5, 5.41) is 9.52. The van der Waals surface area contributed by atoms with Crippen molar-refractivity contribution in [3.63, 3.8) is 0 Å². The van der Waals surface area contributed by atoms with E-state index in [1.54, 1.807) is 6.07 Å². The number of esters is 1.